The summed E-state index contributed by atoms with van der Waals surface area (Å²) in [6.07, 6.45) is -8.06. The van der Waals surface area contributed by atoms with Crippen molar-refractivity contribution in [2.24, 2.45) is 0 Å². The molecule has 4 fully saturated rings. The van der Waals surface area contributed by atoms with Gasteiger partial charge in [-0.25, -0.2) is 37.8 Å². The normalized spacial score (nSPS) is 23.0. The summed E-state index contributed by atoms with van der Waals surface area (Å²) in [5.74, 6) is -5.33. The van der Waals surface area contributed by atoms with Gasteiger partial charge in [-0.2, -0.15) is 26.3 Å². The van der Waals surface area contributed by atoms with Crippen LogP contribution < -0.4 is 26.6 Å². The molecule has 4 aromatic carbocycles. The predicted molar refractivity (Wildman–Crippen MR) is 282 cm³/mol. The number of aliphatic carboxylic acids is 1. The summed E-state index contributed by atoms with van der Waals surface area (Å²) in [6.45, 7) is 2.15. The van der Waals surface area contributed by atoms with Crippen molar-refractivity contribution in [3.8, 4) is 0 Å². The van der Waals surface area contributed by atoms with E-state index in [1.54, 1.807) is 43.3 Å². The number of amides is 9. The number of fused-ring (bicyclic) bond motifs is 4. The monoisotopic (exact) mass is 1170 g/mol. The van der Waals surface area contributed by atoms with Crippen molar-refractivity contribution >= 4 is 59.3 Å². The quantitative estimate of drug-likeness (QED) is 0.0903. The van der Waals surface area contributed by atoms with Crippen LogP contribution in [0.25, 0.3) is 0 Å². The maximum Gasteiger partial charge on any atom is 0.418 e. The number of benzene rings is 4. The van der Waals surface area contributed by atoms with E-state index in [9.17, 15) is 73.5 Å². The molecule has 448 valence electrons. The second-order valence-electron chi connectivity index (χ2n) is 20.1. The van der Waals surface area contributed by atoms with E-state index in [4.69, 9.17) is 14.6 Å². The Morgan fingerprint density at radius 3 is 1.53 bits per heavy atom. The molecule has 2 unspecified atom stereocenters. The number of rotatable bonds is 8. The predicted octanol–water partition coefficient (Wildman–Crippen LogP) is 10.0. The first kappa shape index (κ1) is 63.8. The Morgan fingerprint density at radius 2 is 1.10 bits per heavy atom. The molecule has 83 heavy (non-hydrogen) atoms. The number of carboxylic acids is 1. The van der Waals surface area contributed by atoms with Gasteiger partial charge in [-0.15, -0.1) is 0 Å². The lowest BCUT2D eigenvalue weighted by Gasteiger charge is -2.31. The summed E-state index contributed by atoms with van der Waals surface area (Å²) in [4.78, 5) is 101. The van der Waals surface area contributed by atoms with Crippen molar-refractivity contribution in [2.75, 3.05) is 37.8 Å². The van der Waals surface area contributed by atoms with Crippen LogP contribution in [0.4, 0.5) is 65.7 Å². The molecule has 0 saturated carbocycles. The summed E-state index contributed by atoms with van der Waals surface area (Å²) >= 11 is 0. The number of aryl methyl sites for hydroxylation is 2. The van der Waals surface area contributed by atoms with Gasteiger partial charge in [-0.1, -0.05) is 39.1 Å². The Morgan fingerprint density at radius 1 is 0.639 bits per heavy atom. The number of carbonyl (C=O) groups is 8. The summed E-state index contributed by atoms with van der Waals surface area (Å²) in [6, 6.07) is 12.5. The molecule has 0 radical (unpaired) electrons. The van der Waals surface area contributed by atoms with Crippen molar-refractivity contribution < 1.29 is 88.1 Å². The fourth-order valence-electron chi connectivity index (χ4n) is 11.2. The van der Waals surface area contributed by atoms with Crippen LogP contribution >= 0.6 is 0 Å². The fraction of sp³-hybridized carbons (Fsp3) is 0.429. The molecular weight excluding hydrogens is 1110 g/mol. The number of nitrogens with zero attached hydrogens (tertiary/aromatic N) is 3. The first-order valence-corrected chi connectivity index (χ1v) is 25.5. The zero-order valence-corrected chi connectivity index (χ0v) is 43.7. The van der Waals surface area contributed by atoms with Crippen LogP contribution in [-0.4, -0.2) is 107 Å². The maximum atomic E-state index is 13.7. The van der Waals surface area contributed by atoms with E-state index in [0.717, 1.165) is 30.2 Å². The van der Waals surface area contributed by atoms with Gasteiger partial charge in [0.05, 0.1) is 17.2 Å². The molecule has 4 saturated heterocycles. The summed E-state index contributed by atoms with van der Waals surface area (Å²) in [5, 5.41) is 22.0. The van der Waals surface area contributed by atoms with E-state index >= 15 is 0 Å². The third-order valence-electron chi connectivity index (χ3n) is 15.0. The zero-order valence-electron chi connectivity index (χ0n) is 43.7. The molecule has 2 spiro atoms. The lowest BCUT2D eigenvalue weighted by atomic mass is 9.94. The minimum absolute atomic E-state index is 0. The van der Waals surface area contributed by atoms with Gasteiger partial charge in [0.15, 0.2) is 0 Å². The van der Waals surface area contributed by atoms with Crippen LogP contribution in [0.5, 0.6) is 0 Å². The van der Waals surface area contributed by atoms with Crippen molar-refractivity contribution in [1.29, 1.82) is 0 Å². The Balaban J connectivity index is 0.000000218. The summed E-state index contributed by atoms with van der Waals surface area (Å²) in [5.41, 5.74) is -1.80. The lowest BCUT2D eigenvalue weighted by Crippen LogP contribution is -2.46. The van der Waals surface area contributed by atoms with Gasteiger partial charge in [-0.3, -0.25) is 19.2 Å². The molecule has 0 bridgehead atoms. The zero-order chi connectivity index (χ0) is 59.1. The third-order valence-corrected chi connectivity index (χ3v) is 15.0. The smallest absolute Gasteiger partial charge is 0.418 e. The van der Waals surface area contributed by atoms with E-state index in [1.807, 2.05) is 6.92 Å². The fourth-order valence-corrected chi connectivity index (χ4v) is 11.2. The van der Waals surface area contributed by atoms with Crippen molar-refractivity contribution in [2.45, 2.75) is 128 Å². The number of hydrogen-bond acceptors (Lipinski definition) is 11. The number of carbonyl (C=O) groups excluding carboxylic acids is 7. The Hall–Kier alpha value is -8.36. The second kappa shape index (κ2) is 24.6. The molecular formula is C56H62F8N8O11. The average molecular weight is 1180 g/mol. The first-order chi connectivity index (χ1) is 38.1. The number of urea groups is 2. The first-order valence-electron chi connectivity index (χ1n) is 25.5. The number of ether oxygens (including phenoxy) is 2. The minimum atomic E-state index is -4.84. The van der Waals surface area contributed by atoms with Gasteiger partial charge >= 0.3 is 42.6 Å². The van der Waals surface area contributed by atoms with Crippen molar-refractivity contribution in [3.63, 3.8) is 0 Å². The van der Waals surface area contributed by atoms with Gasteiger partial charge < -0.3 is 46.1 Å². The summed E-state index contributed by atoms with van der Waals surface area (Å²) < 4.78 is 117. The highest BCUT2D eigenvalue weighted by molar-refractivity contribution is 6.07. The molecule has 4 heterocycles. The van der Waals surface area contributed by atoms with E-state index < -0.39 is 113 Å². The third kappa shape index (κ3) is 12.8. The molecule has 6 N–H and O–H groups in total. The Labute approximate surface area is 471 Å². The van der Waals surface area contributed by atoms with Crippen LogP contribution in [0.3, 0.4) is 0 Å². The van der Waals surface area contributed by atoms with Gasteiger partial charge in [0, 0.05) is 67.6 Å². The SMILES string of the molecule is C.C.CNC(=O)Nc1ccc2c(c1)CC[C@@]21OC(=O)N(CC(=O)N2C(c3ccc(F)cc3C(F)(F)F)CC[C@H]2C)C1=O.CNC(=O)Nc1ccc2c(c1)CC[C@@]21OC(=O)N(CC(=O)O)C1=O.C[C@@H]1CCC(c2ccc(F)cc2C(F)(F)F)N1. The average Bonchev–Trinajstić information content (AvgIpc) is 1.98. The Bertz CT molecular complexity index is 3220. The molecule has 10 rings (SSSR count). The lowest BCUT2D eigenvalue weighted by molar-refractivity contribution is -0.144. The number of hydrogen-bond donors (Lipinski definition) is 6. The molecule has 27 heteroatoms. The number of nitrogens with one attached hydrogen (secondary N) is 5. The Kier molecular flexibility index (Phi) is 18.9. The van der Waals surface area contributed by atoms with Crippen LogP contribution in [0.15, 0.2) is 72.8 Å². The maximum absolute atomic E-state index is 13.7. The van der Waals surface area contributed by atoms with Crippen molar-refractivity contribution in [3.05, 3.63) is 129 Å². The highest BCUT2D eigenvalue weighted by Gasteiger charge is 2.60. The van der Waals surface area contributed by atoms with Gasteiger partial charge in [0.25, 0.3) is 11.8 Å². The molecule has 4 aliphatic heterocycles. The second-order valence-corrected chi connectivity index (χ2v) is 20.1. The topological polar surface area (TPSA) is 245 Å². The van der Waals surface area contributed by atoms with Crippen LogP contribution in [-0.2, 0) is 65.0 Å². The highest BCUT2D eigenvalue weighted by atomic mass is 19.4. The number of carboxylic acid groups (broad SMARTS) is 1. The van der Waals surface area contributed by atoms with Crippen molar-refractivity contribution in [1.82, 2.24) is 30.7 Å². The largest absolute Gasteiger partial charge is 0.480 e. The number of anilines is 2. The number of halogens is 8. The summed E-state index contributed by atoms with van der Waals surface area (Å²) in [7, 11) is 2.95. The molecule has 6 aliphatic rings. The van der Waals surface area contributed by atoms with Gasteiger partial charge in [0.1, 0.15) is 24.7 Å². The molecule has 19 nitrogen and oxygen atoms in total. The molecule has 4 aromatic rings. The molecule has 9 amide bonds. The van der Waals surface area contributed by atoms with E-state index in [1.165, 1.54) is 25.1 Å². The number of imide groups is 2. The standard InChI is InChI=1S/C27H26F4N4O5.C15H15N3O6.C12H13F4N.2CH4/c1-14-3-8-21(18-6-4-16(28)12-20(18)27(29,30)31)35(14)22(36)13-34-23(37)26(40-25(34)39)10-9-15-11-17(5-7-19(15)26)33-24(38)32-2;1-16-13(22)17-9-2-3-10-8(6-9)4-5-15(10)12(21)18(7-11(19)20)14(23)24-15;1-7-2-5-11(17-7)9-4-3-8(13)6-10(9)12(14,15)16;;/h4-7,11-12,14,21H,3,8-10,13H2,1-2H3,(H2,32,33,38);2-3,6H,4-5,7H2,1H3,(H,19,20)(H2,16,17,22);3-4,6-7,11,17H,2,5H2,1H3;2*1H4/t14-,21?,26-;15-;7-,11?;;/m111../s1. The van der Waals surface area contributed by atoms with Crippen LogP contribution in [0, 0.1) is 11.6 Å². The van der Waals surface area contributed by atoms with Crippen LogP contribution in [0.2, 0.25) is 0 Å². The van der Waals surface area contributed by atoms with E-state index in [-0.39, 0.29) is 63.4 Å². The molecule has 6 atom stereocenters. The number of likely N-dealkylation sites (tertiary alicyclic amines) is 1. The highest BCUT2D eigenvalue weighted by Crippen LogP contribution is 2.49. The minimum Gasteiger partial charge on any atom is -0.480 e. The van der Waals surface area contributed by atoms with Gasteiger partial charge in [-0.05, 0) is 123 Å². The number of alkyl halides is 6. The van der Waals surface area contributed by atoms with E-state index in [2.05, 4.69) is 26.6 Å². The van der Waals surface area contributed by atoms with Crippen LogP contribution in [0.1, 0.15) is 124 Å². The molecule has 2 aliphatic carbocycles. The van der Waals surface area contributed by atoms with Gasteiger partial charge in [0.2, 0.25) is 17.1 Å². The van der Waals surface area contributed by atoms with E-state index in [0.29, 0.717) is 75.7 Å². The molecule has 0 aromatic heterocycles.